The smallest absolute Gasteiger partial charge is 0.394 e. The Morgan fingerprint density at radius 3 is 1.60 bits per heavy atom. The van der Waals surface area contributed by atoms with Crippen molar-refractivity contribution < 1.29 is 22.7 Å². The van der Waals surface area contributed by atoms with Crippen molar-refractivity contribution in [2.45, 2.75) is 73.6 Å². The van der Waals surface area contributed by atoms with Gasteiger partial charge in [-0.25, -0.2) is 0 Å². The third kappa shape index (κ3) is 5.71. The van der Waals surface area contributed by atoms with Gasteiger partial charge in [-0.3, -0.25) is 4.79 Å². The van der Waals surface area contributed by atoms with E-state index in [-0.39, 0.29) is 6.42 Å². The average Bonchev–Trinajstić information content (AvgIpc) is 2.07. The van der Waals surface area contributed by atoms with Gasteiger partial charge in [-0.2, -0.15) is 13.2 Å². The van der Waals surface area contributed by atoms with Crippen LogP contribution >= 0.6 is 0 Å². The van der Waals surface area contributed by atoms with Crippen LogP contribution in [0.1, 0.15) is 61.8 Å². The maximum atomic E-state index is 13.2. The lowest BCUT2D eigenvalue weighted by atomic mass is 9.70. The van der Waals surface area contributed by atoms with Gasteiger partial charge in [0.15, 0.2) is 0 Å². The van der Waals surface area contributed by atoms with Crippen LogP contribution in [0, 0.1) is 16.7 Å². The van der Waals surface area contributed by atoms with E-state index in [4.69, 9.17) is 4.74 Å². The van der Waals surface area contributed by atoms with Gasteiger partial charge in [0.1, 0.15) is 5.60 Å². The van der Waals surface area contributed by atoms with Crippen molar-refractivity contribution in [1.82, 2.24) is 0 Å². The van der Waals surface area contributed by atoms with Crippen LogP contribution in [0.2, 0.25) is 0 Å². The average molecular weight is 296 g/mol. The van der Waals surface area contributed by atoms with Crippen LogP contribution in [-0.4, -0.2) is 17.7 Å². The van der Waals surface area contributed by atoms with Crippen molar-refractivity contribution >= 4 is 5.97 Å². The first kappa shape index (κ1) is 19.3. The van der Waals surface area contributed by atoms with E-state index in [2.05, 4.69) is 0 Å². The molecule has 0 aromatic heterocycles. The third-order valence-corrected chi connectivity index (χ3v) is 3.11. The van der Waals surface area contributed by atoms with E-state index in [9.17, 15) is 18.0 Å². The van der Waals surface area contributed by atoms with Crippen LogP contribution in [0.25, 0.3) is 0 Å². The number of ether oxygens (including phenoxy) is 1. The van der Waals surface area contributed by atoms with Gasteiger partial charge in [0.05, 0.1) is 11.3 Å². The molecule has 2 nitrogen and oxygen atoms in total. The molecule has 1 atom stereocenters. The first-order chi connectivity index (χ1) is 8.47. The molecule has 0 aliphatic carbocycles. The minimum absolute atomic E-state index is 0.119. The van der Waals surface area contributed by atoms with E-state index >= 15 is 0 Å². The Morgan fingerprint density at radius 1 is 0.950 bits per heavy atom. The van der Waals surface area contributed by atoms with Crippen molar-refractivity contribution in [2.75, 3.05) is 0 Å². The first-order valence-electron chi connectivity index (χ1n) is 6.77. The standard InChI is InChI=1S/C15H27F3O2/c1-12(2,3)9-10(11(19)20-13(4,5)6)14(7,8)15(16,17)18/h10H,9H2,1-8H3. The molecule has 0 N–H and O–H groups in total. The molecule has 20 heavy (non-hydrogen) atoms. The second-order valence-electron chi connectivity index (χ2n) is 8.07. The molecule has 0 saturated heterocycles. The first-order valence-corrected chi connectivity index (χ1v) is 6.77. The molecular formula is C15H27F3O2. The highest BCUT2D eigenvalue weighted by Crippen LogP contribution is 2.48. The minimum atomic E-state index is -4.46. The van der Waals surface area contributed by atoms with Gasteiger partial charge in [-0.05, 0) is 32.6 Å². The van der Waals surface area contributed by atoms with Gasteiger partial charge in [-0.15, -0.1) is 0 Å². The normalized spacial score (nSPS) is 15.9. The monoisotopic (exact) mass is 296 g/mol. The summed E-state index contributed by atoms with van der Waals surface area (Å²) in [6.45, 7) is 12.5. The molecule has 0 rings (SSSR count). The Labute approximate surface area is 120 Å². The number of rotatable bonds is 3. The van der Waals surface area contributed by atoms with E-state index in [0.29, 0.717) is 0 Å². The lowest BCUT2D eigenvalue weighted by Gasteiger charge is -2.39. The van der Waals surface area contributed by atoms with Gasteiger partial charge < -0.3 is 4.74 Å². The third-order valence-electron chi connectivity index (χ3n) is 3.11. The number of hydrogen-bond donors (Lipinski definition) is 0. The molecule has 1 unspecified atom stereocenters. The maximum Gasteiger partial charge on any atom is 0.394 e. The molecule has 0 spiro atoms. The summed E-state index contributed by atoms with van der Waals surface area (Å²) in [5.41, 5.74) is -3.32. The van der Waals surface area contributed by atoms with Gasteiger partial charge in [0.2, 0.25) is 0 Å². The van der Waals surface area contributed by atoms with Gasteiger partial charge in [-0.1, -0.05) is 34.6 Å². The maximum absolute atomic E-state index is 13.2. The Bertz CT molecular complexity index is 344. The molecule has 0 radical (unpaired) electrons. The van der Waals surface area contributed by atoms with Crippen LogP contribution in [0.5, 0.6) is 0 Å². The van der Waals surface area contributed by atoms with Crippen molar-refractivity contribution in [3.8, 4) is 0 Å². The van der Waals surface area contributed by atoms with Crippen LogP contribution in [0.4, 0.5) is 13.2 Å². The zero-order chi connectivity index (χ0) is 16.6. The number of carbonyl (C=O) groups is 1. The minimum Gasteiger partial charge on any atom is -0.460 e. The summed E-state index contributed by atoms with van der Waals surface area (Å²) in [7, 11) is 0. The summed E-state index contributed by atoms with van der Waals surface area (Å²) in [5, 5.41) is 0. The molecule has 0 aliphatic rings. The van der Waals surface area contributed by atoms with Gasteiger partial charge in [0.25, 0.3) is 0 Å². The summed E-state index contributed by atoms with van der Waals surface area (Å²) in [6.07, 6.45) is -4.34. The lowest BCUT2D eigenvalue weighted by Crippen LogP contribution is -2.46. The molecule has 0 amide bonds. The molecule has 0 heterocycles. The van der Waals surface area contributed by atoms with Crippen molar-refractivity contribution in [3.05, 3.63) is 0 Å². The summed E-state index contributed by atoms with van der Waals surface area (Å²) in [6, 6.07) is 0. The zero-order valence-electron chi connectivity index (χ0n) is 13.7. The Morgan fingerprint density at radius 2 is 1.35 bits per heavy atom. The largest absolute Gasteiger partial charge is 0.460 e. The fourth-order valence-electron chi connectivity index (χ4n) is 1.82. The van der Waals surface area contributed by atoms with Gasteiger partial charge in [0, 0.05) is 0 Å². The second kappa shape index (κ2) is 5.57. The van der Waals surface area contributed by atoms with Crippen LogP contribution < -0.4 is 0 Å². The highest BCUT2D eigenvalue weighted by molar-refractivity contribution is 5.74. The molecule has 0 aromatic rings. The predicted molar refractivity (Wildman–Crippen MR) is 73.2 cm³/mol. The van der Waals surface area contributed by atoms with E-state index in [1.807, 2.05) is 20.8 Å². The molecule has 0 aliphatic heterocycles. The van der Waals surface area contributed by atoms with Crippen LogP contribution in [0.15, 0.2) is 0 Å². The summed E-state index contributed by atoms with van der Waals surface area (Å²) in [4.78, 5) is 12.2. The molecular weight excluding hydrogens is 269 g/mol. The second-order valence-corrected chi connectivity index (χ2v) is 8.07. The number of esters is 1. The Balaban J connectivity index is 5.46. The van der Waals surface area contributed by atoms with E-state index in [1.54, 1.807) is 20.8 Å². The molecule has 0 fully saturated rings. The molecule has 0 saturated carbocycles. The highest BCUT2D eigenvalue weighted by Gasteiger charge is 2.56. The van der Waals surface area contributed by atoms with Crippen molar-refractivity contribution in [3.63, 3.8) is 0 Å². The lowest BCUT2D eigenvalue weighted by molar-refractivity contribution is -0.238. The number of carbonyl (C=O) groups excluding carboxylic acids is 1. The predicted octanol–water partition coefficient (Wildman–Crippen LogP) is 4.97. The molecule has 5 heteroatoms. The summed E-state index contributed by atoms with van der Waals surface area (Å²) in [5.74, 6) is -2.00. The molecule has 0 bridgehead atoms. The van der Waals surface area contributed by atoms with Gasteiger partial charge >= 0.3 is 12.1 Å². The summed E-state index contributed by atoms with van der Waals surface area (Å²) >= 11 is 0. The number of hydrogen-bond acceptors (Lipinski definition) is 2. The fraction of sp³-hybridized carbons (Fsp3) is 0.933. The van der Waals surface area contributed by atoms with Crippen molar-refractivity contribution in [2.24, 2.45) is 16.7 Å². The number of alkyl halides is 3. The number of halogens is 3. The quantitative estimate of drug-likeness (QED) is 0.687. The van der Waals surface area contributed by atoms with E-state index < -0.39 is 34.5 Å². The summed E-state index contributed by atoms with van der Waals surface area (Å²) < 4.78 is 44.9. The van der Waals surface area contributed by atoms with Crippen molar-refractivity contribution in [1.29, 1.82) is 0 Å². The van der Waals surface area contributed by atoms with Crippen LogP contribution in [-0.2, 0) is 9.53 Å². The Kier molecular flexibility index (Phi) is 5.36. The SMILES string of the molecule is CC(C)(C)CC(C(=O)OC(C)(C)C)C(C)(C)C(F)(F)F. The zero-order valence-corrected chi connectivity index (χ0v) is 13.7. The Hall–Kier alpha value is -0.740. The topological polar surface area (TPSA) is 26.3 Å². The van der Waals surface area contributed by atoms with Crippen LogP contribution in [0.3, 0.4) is 0 Å². The van der Waals surface area contributed by atoms with E-state index in [0.717, 1.165) is 13.8 Å². The fourth-order valence-corrected chi connectivity index (χ4v) is 1.82. The molecule has 0 aromatic carbocycles. The molecule has 120 valence electrons. The van der Waals surface area contributed by atoms with E-state index in [1.165, 1.54) is 0 Å². The highest BCUT2D eigenvalue weighted by atomic mass is 19.4.